The molecule has 142 valence electrons. The first kappa shape index (κ1) is 19.9. The summed E-state index contributed by atoms with van der Waals surface area (Å²) in [5, 5.41) is 1.99. The van der Waals surface area contributed by atoms with Crippen molar-refractivity contribution in [3.8, 4) is 0 Å². The summed E-state index contributed by atoms with van der Waals surface area (Å²) in [6, 6.07) is 6.69. The van der Waals surface area contributed by atoms with Crippen LogP contribution in [0.4, 0.5) is 11.8 Å². The van der Waals surface area contributed by atoms with Gasteiger partial charge < -0.3 is 16.0 Å². The van der Waals surface area contributed by atoms with Crippen LogP contribution in [-0.2, 0) is 10.1 Å². The zero-order valence-electron chi connectivity index (χ0n) is 15.2. The molecule has 3 rings (SSSR count). The van der Waals surface area contributed by atoms with Gasteiger partial charge in [0.25, 0.3) is 10.1 Å². The van der Waals surface area contributed by atoms with E-state index < -0.39 is 10.1 Å². The largest absolute Gasteiger partial charge is 0.383 e. The number of anilines is 2. The van der Waals surface area contributed by atoms with Gasteiger partial charge in [0, 0.05) is 23.1 Å². The number of hydrogen-bond acceptors (Lipinski definition) is 6. The van der Waals surface area contributed by atoms with Crippen LogP contribution in [0.1, 0.15) is 39.2 Å². The minimum absolute atomic E-state index is 0.219. The van der Waals surface area contributed by atoms with E-state index in [1.165, 1.54) is 18.4 Å². The zero-order valence-corrected chi connectivity index (χ0v) is 16.0. The molecule has 0 saturated heterocycles. The molecule has 2 heterocycles. The van der Waals surface area contributed by atoms with Crippen molar-refractivity contribution in [3.63, 3.8) is 0 Å². The van der Waals surface area contributed by atoms with Crippen molar-refractivity contribution in [2.45, 2.75) is 39.2 Å². The highest BCUT2D eigenvalue weighted by molar-refractivity contribution is 7.85. The molecule has 5 N–H and O–H groups in total. The summed E-state index contributed by atoms with van der Waals surface area (Å²) in [6.45, 7) is 4.45. The molecule has 1 atom stereocenters. The van der Waals surface area contributed by atoms with Crippen LogP contribution in [0.5, 0.6) is 0 Å². The van der Waals surface area contributed by atoms with Crippen molar-refractivity contribution in [1.82, 2.24) is 14.5 Å². The molecule has 9 heteroatoms. The molecule has 0 radical (unpaired) electrons. The van der Waals surface area contributed by atoms with Gasteiger partial charge in [0.2, 0.25) is 5.95 Å². The summed E-state index contributed by atoms with van der Waals surface area (Å²) in [5.74, 6) is 0.667. The summed E-state index contributed by atoms with van der Waals surface area (Å²) in [6.07, 6.45) is 6.32. The van der Waals surface area contributed by atoms with E-state index in [0.717, 1.165) is 22.7 Å². The second-order valence-corrected chi connectivity index (χ2v) is 7.63. The Morgan fingerprint density at radius 2 is 1.85 bits per heavy atom. The maximum absolute atomic E-state index is 9.19. The standard InChI is InChI=1S/C16H21N5.CH4O3S/c1-3-5-10(4-2)21-9-8-11-13(21)7-6-12-14(11)15(17)20-16(18)19-12;1-5(2,3)4/h6-10H,3-5H2,1-2H3,(H4,17,18,19,20);1H3,(H,2,3,4). The van der Waals surface area contributed by atoms with Gasteiger partial charge in [-0.3, -0.25) is 4.55 Å². The smallest absolute Gasteiger partial charge is 0.261 e. The summed E-state index contributed by atoms with van der Waals surface area (Å²) in [5.41, 5.74) is 13.7. The lowest BCUT2D eigenvalue weighted by Gasteiger charge is -2.18. The first-order valence-corrected chi connectivity index (χ1v) is 10.2. The normalized spacial score (nSPS) is 12.8. The van der Waals surface area contributed by atoms with Gasteiger partial charge in [0.1, 0.15) is 5.82 Å². The van der Waals surface area contributed by atoms with Gasteiger partial charge in [0.05, 0.1) is 17.2 Å². The molecule has 0 aliphatic heterocycles. The molecule has 1 aromatic carbocycles. The number of nitrogens with two attached hydrogens (primary N) is 2. The molecule has 8 nitrogen and oxygen atoms in total. The Hall–Kier alpha value is -2.39. The van der Waals surface area contributed by atoms with Crippen LogP contribution in [-0.4, -0.2) is 33.8 Å². The SMILES string of the molecule is CCCC(CC)n1ccc2c3c(N)nc(N)nc3ccc21.CS(=O)(=O)O. The Morgan fingerprint density at radius 1 is 1.19 bits per heavy atom. The predicted octanol–water partition coefficient (Wildman–Crippen LogP) is 3.00. The van der Waals surface area contributed by atoms with Gasteiger partial charge in [0.15, 0.2) is 0 Å². The van der Waals surface area contributed by atoms with Gasteiger partial charge in [-0.15, -0.1) is 0 Å². The van der Waals surface area contributed by atoms with E-state index in [-0.39, 0.29) is 5.95 Å². The third-order valence-electron chi connectivity index (χ3n) is 4.09. The topological polar surface area (TPSA) is 137 Å². The molecule has 0 spiro atoms. The molecule has 0 bridgehead atoms. The van der Waals surface area contributed by atoms with E-state index in [1.807, 2.05) is 6.07 Å². The Balaban J connectivity index is 0.000000431. The first-order chi connectivity index (χ1) is 12.2. The highest BCUT2D eigenvalue weighted by atomic mass is 32.2. The zero-order chi connectivity index (χ0) is 19.5. The molecular weight excluding hydrogens is 354 g/mol. The maximum Gasteiger partial charge on any atom is 0.261 e. The summed E-state index contributed by atoms with van der Waals surface area (Å²) in [4.78, 5) is 8.37. The Bertz CT molecular complexity index is 1010. The third kappa shape index (κ3) is 4.61. The van der Waals surface area contributed by atoms with Crippen LogP contribution >= 0.6 is 0 Å². The second kappa shape index (κ2) is 7.88. The number of fused-ring (bicyclic) bond motifs is 3. The average molecular weight is 379 g/mol. The van der Waals surface area contributed by atoms with Crippen LogP contribution < -0.4 is 11.5 Å². The number of nitrogen functional groups attached to an aromatic ring is 2. The quantitative estimate of drug-likeness (QED) is 0.592. The van der Waals surface area contributed by atoms with E-state index in [0.29, 0.717) is 18.1 Å². The minimum atomic E-state index is -3.67. The molecule has 0 saturated carbocycles. The molecule has 0 fully saturated rings. The fourth-order valence-electron chi connectivity index (χ4n) is 3.11. The highest BCUT2D eigenvalue weighted by Gasteiger charge is 2.14. The number of nitrogens with zero attached hydrogens (tertiary/aromatic N) is 3. The van der Waals surface area contributed by atoms with Crippen molar-refractivity contribution in [2.24, 2.45) is 0 Å². The molecule has 2 aromatic heterocycles. The maximum atomic E-state index is 9.19. The van der Waals surface area contributed by atoms with Crippen LogP contribution in [0, 0.1) is 0 Å². The number of benzene rings is 1. The van der Waals surface area contributed by atoms with Gasteiger partial charge in [-0.1, -0.05) is 20.3 Å². The molecular formula is C17H25N5O3S. The van der Waals surface area contributed by atoms with E-state index in [1.54, 1.807) is 0 Å². The molecule has 26 heavy (non-hydrogen) atoms. The Labute approximate surface area is 153 Å². The van der Waals surface area contributed by atoms with Crippen LogP contribution in [0.2, 0.25) is 0 Å². The minimum Gasteiger partial charge on any atom is -0.383 e. The number of aromatic nitrogens is 3. The monoisotopic (exact) mass is 379 g/mol. The number of hydrogen-bond donors (Lipinski definition) is 3. The van der Waals surface area contributed by atoms with E-state index >= 15 is 0 Å². The average Bonchev–Trinajstić information content (AvgIpc) is 2.94. The van der Waals surface area contributed by atoms with Gasteiger partial charge >= 0.3 is 0 Å². The molecule has 0 aliphatic carbocycles. The summed E-state index contributed by atoms with van der Waals surface area (Å²) < 4.78 is 28.2. The van der Waals surface area contributed by atoms with Crippen LogP contribution in [0.25, 0.3) is 21.8 Å². The number of rotatable bonds is 4. The fourth-order valence-corrected chi connectivity index (χ4v) is 3.11. The summed E-state index contributed by atoms with van der Waals surface area (Å²) >= 11 is 0. The lowest BCUT2D eigenvalue weighted by molar-refractivity contribution is 0.460. The van der Waals surface area contributed by atoms with Crippen molar-refractivity contribution in [3.05, 3.63) is 24.4 Å². The van der Waals surface area contributed by atoms with Crippen LogP contribution in [0.15, 0.2) is 24.4 Å². The van der Waals surface area contributed by atoms with E-state index in [4.69, 9.17) is 16.0 Å². The molecule has 0 aliphatic rings. The predicted molar refractivity (Wildman–Crippen MR) is 106 cm³/mol. The van der Waals surface area contributed by atoms with Crippen LogP contribution in [0.3, 0.4) is 0 Å². The van der Waals surface area contributed by atoms with E-state index in [9.17, 15) is 8.42 Å². The lowest BCUT2D eigenvalue weighted by atomic mass is 10.1. The van der Waals surface area contributed by atoms with Crippen molar-refractivity contribution in [1.29, 1.82) is 0 Å². The van der Waals surface area contributed by atoms with Gasteiger partial charge in [-0.2, -0.15) is 13.4 Å². The van der Waals surface area contributed by atoms with Crippen molar-refractivity contribution < 1.29 is 13.0 Å². The first-order valence-electron chi connectivity index (χ1n) is 8.40. The molecule has 1 unspecified atom stereocenters. The van der Waals surface area contributed by atoms with Gasteiger partial charge in [-0.25, -0.2) is 4.98 Å². The van der Waals surface area contributed by atoms with Gasteiger partial charge in [-0.05, 0) is 31.0 Å². The molecule has 3 aromatic rings. The second-order valence-electron chi connectivity index (χ2n) is 6.17. The summed E-state index contributed by atoms with van der Waals surface area (Å²) in [7, 11) is -3.67. The Morgan fingerprint density at radius 3 is 2.42 bits per heavy atom. The lowest BCUT2D eigenvalue weighted by Crippen LogP contribution is -2.06. The molecule has 0 amide bonds. The van der Waals surface area contributed by atoms with Crippen molar-refractivity contribution >= 4 is 43.7 Å². The highest BCUT2D eigenvalue weighted by Crippen LogP contribution is 2.32. The third-order valence-corrected chi connectivity index (χ3v) is 4.09. The van der Waals surface area contributed by atoms with E-state index in [2.05, 4.69) is 46.7 Å². The Kier molecular flexibility index (Phi) is 6.04. The fraction of sp³-hybridized carbons (Fsp3) is 0.412. The van der Waals surface area contributed by atoms with Crippen molar-refractivity contribution in [2.75, 3.05) is 17.7 Å².